The number of aryl methyl sites for hydroxylation is 1. The number of hydrogen-bond acceptors (Lipinski definition) is 5. The van der Waals surface area contributed by atoms with Crippen LogP contribution < -0.4 is 14.9 Å². The number of sulfonamides is 1. The average molecular weight is 400 g/mol. The van der Waals surface area contributed by atoms with Gasteiger partial charge in [-0.05, 0) is 30.3 Å². The Morgan fingerprint density at radius 2 is 2.04 bits per heavy atom. The van der Waals surface area contributed by atoms with Gasteiger partial charge in [0.05, 0.1) is 21.7 Å². The van der Waals surface area contributed by atoms with Gasteiger partial charge in [0.1, 0.15) is 0 Å². The highest BCUT2D eigenvalue weighted by atomic mass is 32.2. The standard InChI is InChI=1S/C18H16N4O3S2/c1-3-11-19-27(24,25)14-8-6-7-13(12-14)17(23)20-21-18-22(2)15-9-4-5-10-16(15)26-18/h1,4-10,12,19H,11H2,2H3,(H,20,23)/b21-18-. The van der Waals surface area contributed by atoms with Gasteiger partial charge in [0, 0.05) is 12.6 Å². The molecule has 0 radical (unpaired) electrons. The topological polar surface area (TPSA) is 92.6 Å². The van der Waals surface area contributed by atoms with Crippen molar-refractivity contribution >= 4 is 37.5 Å². The number of terminal acetylenes is 1. The minimum absolute atomic E-state index is 0.0437. The summed E-state index contributed by atoms with van der Waals surface area (Å²) in [5, 5.41) is 4.15. The highest BCUT2D eigenvalue weighted by Gasteiger charge is 2.15. The molecule has 1 amide bonds. The SMILES string of the molecule is C#CCNS(=O)(=O)c1cccc(C(=O)N/N=c2\sc3ccccc3n2C)c1. The maximum Gasteiger partial charge on any atom is 0.271 e. The average Bonchev–Trinajstić information content (AvgIpc) is 3.00. The van der Waals surface area contributed by atoms with Crippen molar-refractivity contribution in [1.29, 1.82) is 0 Å². The summed E-state index contributed by atoms with van der Waals surface area (Å²) >= 11 is 1.43. The number of rotatable bonds is 5. The molecule has 1 heterocycles. The fourth-order valence-corrected chi connectivity index (χ4v) is 4.34. The van der Waals surface area contributed by atoms with Gasteiger partial charge in [-0.15, -0.1) is 11.5 Å². The maximum absolute atomic E-state index is 12.4. The van der Waals surface area contributed by atoms with Crippen molar-refractivity contribution < 1.29 is 13.2 Å². The third-order valence-corrected chi connectivity index (χ3v) is 6.25. The number of aromatic nitrogens is 1. The Morgan fingerprint density at radius 3 is 2.78 bits per heavy atom. The minimum atomic E-state index is -3.77. The second-order valence-corrected chi connectivity index (χ2v) is 8.30. The summed E-state index contributed by atoms with van der Waals surface area (Å²) in [6.45, 7) is -0.128. The highest BCUT2D eigenvalue weighted by Crippen LogP contribution is 2.15. The Balaban J connectivity index is 1.85. The lowest BCUT2D eigenvalue weighted by Gasteiger charge is -2.06. The van der Waals surface area contributed by atoms with E-state index in [2.05, 4.69) is 21.2 Å². The van der Waals surface area contributed by atoms with Gasteiger partial charge in [0.15, 0.2) is 0 Å². The molecule has 1 aromatic heterocycles. The lowest BCUT2D eigenvalue weighted by Crippen LogP contribution is -2.25. The largest absolute Gasteiger partial charge is 0.318 e. The first-order valence-electron chi connectivity index (χ1n) is 7.84. The molecule has 3 aromatic rings. The number of nitrogens with one attached hydrogen (secondary N) is 2. The number of carbonyl (C=O) groups is 1. The second kappa shape index (κ2) is 7.75. The Kier molecular flexibility index (Phi) is 5.41. The summed E-state index contributed by atoms with van der Waals surface area (Å²) in [5.41, 5.74) is 3.64. The third kappa shape index (κ3) is 4.09. The lowest BCUT2D eigenvalue weighted by atomic mass is 10.2. The fraction of sp³-hybridized carbons (Fsp3) is 0.111. The highest BCUT2D eigenvalue weighted by molar-refractivity contribution is 7.89. The van der Waals surface area contributed by atoms with Crippen LogP contribution in [-0.2, 0) is 17.1 Å². The molecule has 0 aliphatic carbocycles. The lowest BCUT2D eigenvalue weighted by molar-refractivity contribution is 0.0952. The van der Waals surface area contributed by atoms with E-state index in [9.17, 15) is 13.2 Å². The molecule has 0 fully saturated rings. The monoisotopic (exact) mass is 400 g/mol. The van der Waals surface area contributed by atoms with Crippen LogP contribution in [0.3, 0.4) is 0 Å². The van der Waals surface area contributed by atoms with Gasteiger partial charge in [0.2, 0.25) is 14.8 Å². The predicted octanol–water partition coefficient (Wildman–Crippen LogP) is 1.40. The number of para-hydroxylation sites is 1. The van der Waals surface area contributed by atoms with E-state index < -0.39 is 15.9 Å². The second-order valence-electron chi connectivity index (χ2n) is 5.52. The summed E-state index contributed by atoms with van der Waals surface area (Å²) < 4.78 is 29.4. The van der Waals surface area contributed by atoms with E-state index in [1.54, 1.807) is 0 Å². The molecule has 0 aliphatic rings. The number of benzene rings is 2. The summed E-state index contributed by atoms with van der Waals surface area (Å²) in [6, 6.07) is 13.4. The molecule has 0 spiro atoms. The molecule has 0 saturated heterocycles. The summed E-state index contributed by atoms with van der Waals surface area (Å²) in [7, 11) is -1.92. The van der Waals surface area contributed by atoms with Crippen LogP contribution >= 0.6 is 11.3 Å². The van der Waals surface area contributed by atoms with E-state index >= 15 is 0 Å². The zero-order valence-corrected chi connectivity index (χ0v) is 16.0. The molecule has 2 aromatic carbocycles. The third-order valence-electron chi connectivity index (χ3n) is 3.74. The minimum Gasteiger partial charge on any atom is -0.318 e. The van der Waals surface area contributed by atoms with E-state index in [1.807, 2.05) is 35.9 Å². The van der Waals surface area contributed by atoms with Crippen LogP contribution in [0.25, 0.3) is 10.2 Å². The van der Waals surface area contributed by atoms with Gasteiger partial charge in [-0.1, -0.05) is 35.5 Å². The fourth-order valence-electron chi connectivity index (χ4n) is 2.38. The Hall–Kier alpha value is -2.93. The summed E-state index contributed by atoms with van der Waals surface area (Å²) in [4.78, 5) is 13.0. The van der Waals surface area contributed by atoms with E-state index in [-0.39, 0.29) is 17.0 Å². The van der Waals surface area contributed by atoms with Crippen molar-refractivity contribution in [1.82, 2.24) is 14.7 Å². The van der Waals surface area contributed by atoms with Crippen LogP contribution in [-0.4, -0.2) is 25.4 Å². The number of nitrogens with zero attached hydrogens (tertiary/aromatic N) is 2. The van der Waals surface area contributed by atoms with Crippen molar-refractivity contribution in [3.8, 4) is 12.3 Å². The summed E-state index contributed by atoms with van der Waals surface area (Å²) in [6.07, 6.45) is 5.07. The molecular formula is C18H16N4O3S2. The van der Waals surface area contributed by atoms with Crippen molar-refractivity contribution in [2.24, 2.45) is 12.1 Å². The van der Waals surface area contributed by atoms with Crippen LogP contribution in [0, 0.1) is 12.3 Å². The van der Waals surface area contributed by atoms with E-state index in [1.165, 1.54) is 35.6 Å². The number of thiazole rings is 1. The van der Waals surface area contributed by atoms with Crippen LogP contribution in [0.15, 0.2) is 58.5 Å². The Bertz CT molecular complexity index is 1220. The molecule has 0 atom stereocenters. The Labute approximate surface area is 160 Å². The molecule has 0 saturated carbocycles. The molecule has 0 unspecified atom stereocenters. The zero-order chi connectivity index (χ0) is 19.4. The molecule has 27 heavy (non-hydrogen) atoms. The smallest absolute Gasteiger partial charge is 0.271 e. The maximum atomic E-state index is 12.4. The van der Waals surface area contributed by atoms with Gasteiger partial charge in [0.25, 0.3) is 5.91 Å². The molecule has 9 heteroatoms. The number of hydrogen-bond donors (Lipinski definition) is 2. The Morgan fingerprint density at radius 1 is 1.26 bits per heavy atom. The molecule has 7 nitrogen and oxygen atoms in total. The normalized spacial score (nSPS) is 12.1. The molecule has 3 rings (SSSR count). The van der Waals surface area contributed by atoms with Gasteiger partial charge in [-0.3, -0.25) is 4.79 Å². The van der Waals surface area contributed by atoms with Crippen LogP contribution in [0.4, 0.5) is 0 Å². The molecule has 138 valence electrons. The van der Waals surface area contributed by atoms with Crippen LogP contribution in [0.2, 0.25) is 0 Å². The van der Waals surface area contributed by atoms with Gasteiger partial charge < -0.3 is 4.57 Å². The van der Waals surface area contributed by atoms with Crippen LogP contribution in [0.1, 0.15) is 10.4 Å². The molecule has 2 N–H and O–H groups in total. The van der Waals surface area contributed by atoms with Crippen molar-refractivity contribution in [2.45, 2.75) is 4.90 Å². The predicted molar refractivity (Wildman–Crippen MR) is 104 cm³/mol. The quantitative estimate of drug-likeness (QED) is 0.501. The van der Waals surface area contributed by atoms with Crippen LogP contribution in [0.5, 0.6) is 0 Å². The van der Waals surface area contributed by atoms with Gasteiger partial charge >= 0.3 is 0 Å². The van der Waals surface area contributed by atoms with E-state index in [0.717, 1.165) is 10.2 Å². The zero-order valence-electron chi connectivity index (χ0n) is 14.3. The van der Waals surface area contributed by atoms with Crippen molar-refractivity contribution in [3.63, 3.8) is 0 Å². The number of fused-ring (bicyclic) bond motifs is 1. The molecular weight excluding hydrogens is 384 g/mol. The molecule has 0 bridgehead atoms. The van der Waals surface area contributed by atoms with E-state index in [4.69, 9.17) is 6.42 Å². The van der Waals surface area contributed by atoms with Crippen molar-refractivity contribution in [2.75, 3.05) is 6.54 Å². The first-order chi connectivity index (χ1) is 12.9. The molecule has 0 aliphatic heterocycles. The van der Waals surface area contributed by atoms with Crippen molar-refractivity contribution in [3.05, 3.63) is 58.9 Å². The van der Waals surface area contributed by atoms with Gasteiger partial charge in [-0.2, -0.15) is 4.72 Å². The first kappa shape index (κ1) is 18.8. The number of carbonyl (C=O) groups excluding carboxylic acids is 1. The first-order valence-corrected chi connectivity index (χ1v) is 10.1. The number of amides is 1. The summed E-state index contributed by atoms with van der Waals surface area (Å²) in [5.74, 6) is 1.69. The van der Waals surface area contributed by atoms with E-state index in [0.29, 0.717) is 4.80 Å². The van der Waals surface area contributed by atoms with Gasteiger partial charge in [-0.25, -0.2) is 13.8 Å².